The molecule has 0 fully saturated rings. The van der Waals surface area contributed by atoms with Gasteiger partial charge in [0.25, 0.3) is 15.9 Å². The number of carbonyl (C=O) groups excluding carboxylic acids is 1. The van der Waals surface area contributed by atoms with Crippen molar-refractivity contribution in [3.8, 4) is 5.75 Å². The molecule has 2 aromatic rings. The molecule has 128 valence electrons. The molecule has 0 bridgehead atoms. The number of benzene rings is 2. The third kappa shape index (κ3) is 4.65. The van der Waals surface area contributed by atoms with Gasteiger partial charge in [-0.3, -0.25) is 9.00 Å². The minimum atomic E-state index is -4.02. The lowest BCUT2D eigenvalue weighted by molar-refractivity contribution is 0.0981. The van der Waals surface area contributed by atoms with Crippen LogP contribution in [0.25, 0.3) is 0 Å². The number of nitrogens with one attached hydrogen (secondary N) is 1. The summed E-state index contributed by atoms with van der Waals surface area (Å²) in [7, 11) is -3.65. The van der Waals surface area contributed by atoms with Crippen molar-refractivity contribution in [3.05, 3.63) is 59.7 Å². The summed E-state index contributed by atoms with van der Waals surface area (Å²) in [6.07, 6.45) is 1.56. The molecule has 24 heavy (non-hydrogen) atoms. The van der Waals surface area contributed by atoms with Crippen LogP contribution in [0.2, 0.25) is 0 Å². The van der Waals surface area contributed by atoms with Gasteiger partial charge >= 0.3 is 0 Å². The second kappa shape index (κ2) is 7.59. The lowest BCUT2D eigenvalue weighted by Gasteiger charge is -2.09. The van der Waals surface area contributed by atoms with Crippen LogP contribution in [-0.4, -0.2) is 31.9 Å². The Hall–Kier alpha value is -2.19. The fourth-order valence-electron chi connectivity index (χ4n) is 2.05. The Bertz CT molecular complexity index is 878. The summed E-state index contributed by atoms with van der Waals surface area (Å²) < 4.78 is 42.9. The van der Waals surface area contributed by atoms with E-state index in [9.17, 15) is 17.4 Å². The zero-order chi connectivity index (χ0) is 17.7. The third-order valence-corrected chi connectivity index (χ3v) is 5.21. The molecule has 0 radical (unpaired) electrons. The van der Waals surface area contributed by atoms with Crippen LogP contribution < -0.4 is 9.46 Å². The van der Waals surface area contributed by atoms with Gasteiger partial charge in [-0.05, 0) is 29.8 Å². The van der Waals surface area contributed by atoms with E-state index >= 15 is 0 Å². The maximum Gasteiger partial charge on any atom is 0.265 e. The number of ether oxygens (including phenoxy) is 1. The molecule has 8 heteroatoms. The molecule has 0 spiro atoms. The highest BCUT2D eigenvalue weighted by Gasteiger charge is 2.19. The Morgan fingerprint density at radius 3 is 2.54 bits per heavy atom. The van der Waals surface area contributed by atoms with Gasteiger partial charge in [0.15, 0.2) is 0 Å². The van der Waals surface area contributed by atoms with E-state index in [0.29, 0.717) is 17.1 Å². The second-order valence-electron chi connectivity index (χ2n) is 5.03. The van der Waals surface area contributed by atoms with E-state index in [-0.39, 0.29) is 10.5 Å². The summed E-state index contributed by atoms with van der Waals surface area (Å²) in [5.41, 5.74) is 0.881. The maximum absolute atomic E-state index is 12.3. The number of carbonyl (C=O) groups is 1. The van der Waals surface area contributed by atoms with Crippen LogP contribution in [0.5, 0.6) is 5.75 Å². The zero-order valence-corrected chi connectivity index (χ0v) is 14.8. The lowest BCUT2D eigenvalue weighted by atomic mass is 10.1. The number of hydrogen-bond acceptors (Lipinski definition) is 5. The van der Waals surface area contributed by atoms with Crippen molar-refractivity contribution < 1.29 is 22.2 Å². The summed E-state index contributed by atoms with van der Waals surface area (Å²) in [4.78, 5) is 12.2. The topological polar surface area (TPSA) is 89.5 Å². The quantitative estimate of drug-likeness (QED) is 0.839. The fourth-order valence-corrected chi connectivity index (χ4v) is 3.70. The fraction of sp³-hybridized carbons (Fsp3) is 0.188. The van der Waals surface area contributed by atoms with E-state index in [1.807, 2.05) is 4.72 Å². The first-order chi connectivity index (χ1) is 11.3. The molecule has 1 N–H and O–H groups in total. The Labute approximate surface area is 143 Å². The normalized spacial score (nSPS) is 12.4. The summed E-state index contributed by atoms with van der Waals surface area (Å²) >= 11 is 0. The van der Waals surface area contributed by atoms with Gasteiger partial charge in [0, 0.05) is 34.4 Å². The number of methoxy groups -OCH3 is 1. The van der Waals surface area contributed by atoms with Crippen LogP contribution in [0.3, 0.4) is 0 Å². The smallest absolute Gasteiger partial charge is 0.265 e. The monoisotopic (exact) mass is 367 g/mol. The maximum atomic E-state index is 12.3. The molecule has 0 aliphatic heterocycles. The van der Waals surface area contributed by atoms with Gasteiger partial charge in [-0.25, -0.2) is 13.1 Å². The average Bonchev–Trinajstić information content (AvgIpc) is 2.54. The molecule has 6 nitrogen and oxygen atoms in total. The molecule has 0 aliphatic carbocycles. The molecule has 2 aromatic carbocycles. The molecular weight excluding hydrogens is 350 g/mol. The molecule has 1 amide bonds. The van der Waals surface area contributed by atoms with E-state index in [2.05, 4.69) is 0 Å². The Kier molecular flexibility index (Phi) is 5.74. The van der Waals surface area contributed by atoms with Crippen molar-refractivity contribution in [3.63, 3.8) is 0 Å². The number of rotatable bonds is 6. The van der Waals surface area contributed by atoms with Crippen molar-refractivity contribution in [1.82, 2.24) is 4.72 Å². The third-order valence-electron chi connectivity index (χ3n) is 3.14. The van der Waals surface area contributed by atoms with Crippen LogP contribution >= 0.6 is 0 Å². The zero-order valence-electron chi connectivity index (χ0n) is 13.2. The van der Waals surface area contributed by atoms with Crippen molar-refractivity contribution in [2.45, 2.75) is 10.6 Å². The molecule has 0 heterocycles. The minimum Gasteiger partial charge on any atom is -0.497 e. The van der Waals surface area contributed by atoms with Crippen molar-refractivity contribution >= 4 is 26.7 Å². The van der Waals surface area contributed by atoms with E-state index in [1.54, 1.807) is 24.5 Å². The van der Waals surface area contributed by atoms with Crippen LogP contribution in [0.4, 0.5) is 0 Å². The molecule has 1 atom stereocenters. The van der Waals surface area contributed by atoms with Gasteiger partial charge in [-0.1, -0.05) is 18.2 Å². The van der Waals surface area contributed by atoms with Crippen molar-refractivity contribution in [2.75, 3.05) is 13.4 Å². The minimum absolute atomic E-state index is 0.0685. The molecule has 0 saturated heterocycles. The van der Waals surface area contributed by atoms with Gasteiger partial charge < -0.3 is 4.74 Å². The standard InChI is InChI=1S/C16H17NO5S2/c1-22-14-7-4-8-15(10-14)24(20,21)17-16(18)13-6-3-5-12(9-13)11-23(2)19/h3-10H,11H2,1-2H3,(H,17,18)/t23-/m0/s1. The van der Waals surface area contributed by atoms with Crippen LogP contribution in [-0.2, 0) is 26.6 Å². The lowest BCUT2D eigenvalue weighted by Crippen LogP contribution is -2.30. The van der Waals surface area contributed by atoms with E-state index < -0.39 is 26.7 Å². The summed E-state index contributed by atoms with van der Waals surface area (Å²) in [6.45, 7) is 0. The molecular formula is C16H17NO5S2. The van der Waals surface area contributed by atoms with Gasteiger partial charge in [0.05, 0.1) is 12.0 Å². The highest BCUT2D eigenvalue weighted by molar-refractivity contribution is 7.90. The molecule has 2 rings (SSSR count). The highest BCUT2D eigenvalue weighted by atomic mass is 32.2. The van der Waals surface area contributed by atoms with Crippen molar-refractivity contribution in [2.24, 2.45) is 0 Å². The first-order valence-electron chi connectivity index (χ1n) is 6.92. The predicted octanol–water partition coefficient (Wildman–Crippen LogP) is 1.69. The second-order valence-corrected chi connectivity index (χ2v) is 8.15. The van der Waals surface area contributed by atoms with Gasteiger partial charge in [-0.15, -0.1) is 0 Å². The summed E-state index contributed by atoms with van der Waals surface area (Å²) in [5, 5.41) is 0. The van der Waals surface area contributed by atoms with Gasteiger partial charge in [-0.2, -0.15) is 0 Å². The highest BCUT2D eigenvalue weighted by Crippen LogP contribution is 2.17. The summed E-state index contributed by atoms with van der Waals surface area (Å²) in [5.74, 6) is -0.0803. The summed E-state index contributed by atoms with van der Waals surface area (Å²) in [6, 6.07) is 12.2. The van der Waals surface area contributed by atoms with Crippen LogP contribution in [0, 0.1) is 0 Å². The first-order valence-corrected chi connectivity index (χ1v) is 10.1. The Balaban J connectivity index is 2.23. The van der Waals surface area contributed by atoms with E-state index in [1.165, 1.54) is 37.4 Å². The number of sulfonamides is 1. The van der Waals surface area contributed by atoms with Gasteiger partial charge in [0.1, 0.15) is 5.75 Å². The van der Waals surface area contributed by atoms with Crippen LogP contribution in [0.15, 0.2) is 53.4 Å². The van der Waals surface area contributed by atoms with E-state index in [4.69, 9.17) is 4.74 Å². The largest absolute Gasteiger partial charge is 0.497 e. The Morgan fingerprint density at radius 1 is 1.17 bits per heavy atom. The molecule has 0 aromatic heterocycles. The van der Waals surface area contributed by atoms with Crippen LogP contribution in [0.1, 0.15) is 15.9 Å². The molecule has 0 aliphatic rings. The number of amides is 1. The van der Waals surface area contributed by atoms with E-state index in [0.717, 1.165) is 0 Å². The molecule has 0 saturated carbocycles. The van der Waals surface area contributed by atoms with Gasteiger partial charge in [0.2, 0.25) is 0 Å². The molecule has 0 unspecified atom stereocenters. The Morgan fingerprint density at radius 2 is 1.88 bits per heavy atom. The SMILES string of the molecule is COc1cccc(S(=O)(=O)NC(=O)c2cccc(C[S@](C)=O)c2)c1. The number of hydrogen-bond donors (Lipinski definition) is 1. The average molecular weight is 367 g/mol. The van der Waals surface area contributed by atoms with Crippen molar-refractivity contribution in [1.29, 1.82) is 0 Å². The first kappa shape index (κ1) is 18.2. The predicted molar refractivity (Wildman–Crippen MR) is 91.9 cm³/mol.